The zero-order valence-electron chi connectivity index (χ0n) is 21.0. The second-order valence-corrected chi connectivity index (χ2v) is 10.9. The number of para-hydroxylation sites is 1. The maximum absolute atomic E-state index is 13.1. The average molecular weight is 561 g/mol. The number of fused-ring (bicyclic) bond motifs is 1. The van der Waals surface area contributed by atoms with E-state index in [1.807, 2.05) is 42.6 Å². The molecule has 1 heterocycles. The van der Waals surface area contributed by atoms with Crippen LogP contribution in [-0.2, 0) is 21.4 Å². The summed E-state index contributed by atoms with van der Waals surface area (Å²) in [4.78, 5) is 42.0. The molecule has 0 fully saturated rings. The summed E-state index contributed by atoms with van der Waals surface area (Å²) in [5.41, 5.74) is 3.73. The number of aromatic nitrogens is 1. The average Bonchev–Trinajstić information content (AvgIpc) is 3.29. The van der Waals surface area contributed by atoms with E-state index in [1.165, 1.54) is 0 Å². The topological polar surface area (TPSA) is 88.3 Å². The van der Waals surface area contributed by atoms with Crippen molar-refractivity contribution < 1.29 is 19.1 Å². The van der Waals surface area contributed by atoms with E-state index in [1.54, 1.807) is 36.4 Å². The van der Waals surface area contributed by atoms with Crippen LogP contribution in [0, 0.1) is 0 Å². The molecule has 4 aromatic rings. The first kappa shape index (κ1) is 26.4. The summed E-state index contributed by atoms with van der Waals surface area (Å²) in [6.07, 6.45) is 2.03. The van der Waals surface area contributed by atoms with Crippen molar-refractivity contribution in [2.24, 2.45) is 0 Å². The lowest BCUT2D eigenvalue weighted by Crippen LogP contribution is -2.43. The van der Waals surface area contributed by atoms with Crippen molar-refractivity contribution in [3.8, 4) is 0 Å². The zero-order chi connectivity index (χ0) is 26.6. The number of halogens is 1. The van der Waals surface area contributed by atoms with E-state index >= 15 is 0 Å². The molecule has 0 saturated heterocycles. The molecule has 7 heteroatoms. The molecular weight excluding hydrogens is 532 g/mol. The van der Waals surface area contributed by atoms with Gasteiger partial charge < -0.3 is 15.0 Å². The highest BCUT2D eigenvalue weighted by molar-refractivity contribution is 9.10. The fraction of sp³-hybridized carbons (Fsp3) is 0.233. The van der Waals surface area contributed by atoms with Crippen LogP contribution in [0.5, 0.6) is 0 Å². The van der Waals surface area contributed by atoms with Crippen LogP contribution >= 0.6 is 15.9 Å². The number of esters is 1. The molecule has 0 spiro atoms. The molecule has 1 atom stereocenters. The predicted molar refractivity (Wildman–Crippen MR) is 148 cm³/mol. The van der Waals surface area contributed by atoms with Crippen molar-refractivity contribution in [3.63, 3.8) is 0 Å². The number of rotatable bonds is 8. The van der Waals surface area contributed by atoms with Gasteiger partial charge in [0.25, 0.3) is 5.91 Å². The fourth-order valence-electron chi connectivity index (χ4n) is 4.03. The van der Waals surface area contributed by atoms with Crippen molar-refractivity contribution in [1.82, 2.24) is 10.3 Å². The molecule has 6 nitrogen and oxygen atoms in total. The van der Waals surface area contributed by atoms with E-state index in [-0.39, 0.29) is 23.5 Å². The van der Waals surface area contributed by atoms with Crippen LogP contribution in [0.3, 0.4) is 0 Å². The molecule has 1 amide bonds. The lowest BCUT2D eigenvalue weighted by molar-refractivity contribution is -0.144. The third kappa shape index (κ3) is 6.54. The van der Waals surface area contributed by atoms with Gasteiger partial charge in [0, 0.05) is 39.1 Å². The van der Waals surface area contributed by atoms with E-state index in [0.717, 1.165) is 26.5 Å². The first-order chi connectivity index (χ1) is 17.6. The molecule has 1 aromatic heterocycles. The van der Waals surface area contributed by atoms with Gasteiger partial charge in [-0.15, -0.1) is 0 Å². The highest BCUT2D eigenvalue weighted by Gasteiger charge is 2.26. The number of amides is 1. The number of ketones is 1. The summed E-state index contributed by atoms with van der Waals surface area (Å²) < 4.78 is 6.23. The van der Waals surface area contributed by atoms with Gasteiger partial charge in [-0.2, -0.15) is 0 Å². The first-order valence-corrected chi connectivity index (χ1v) is 12.8. The molecule has 190 valence electrons. The van der Waals surface area contributed by atoms with Crippen molar-refractivity contribution in [1.29, 1.82) is 0 Å². The molecule has 3 aromatic carbocycles. The number of hydrogen-bond acceptors (Lipinski definition) is 4. The predicted octanol–water partition coefficient (Wildman–Crippen LogP) is 6.00. The quantitative estimate of drug-likeness (QED) is 0.204. The SMILES string of the molecule is CC(C)(C)c1ccc(C(=O)N[C@H](Cc2c[nH]c3ccccc23)C(=O)OCC(=O)c2ccc(Br)cc2)cc1. The van der Waals surface area contributed by atoms with Crippen LogP contribution < -0.4 is 5.32 Å². The number of H-pyrrole nitrogens is 1. The van der Waals surface area contributed by atoms with E-state index in [0.29, 0.717) is 11.1 Å². The molecule has 4 rings (SSSR count). The summed E-state index contributed by atoms with van der Waals surface area (Å²) >= 11 is 3.34. The Balaban J connectivity index is 1.52. The summed E-state index contributed by atoms with van der Waals surface area (Å²) in [5.74, 6) is -1.38. The monoisotopic (exact) mass is 560 g/mol. The summed E-state index contributed by atoms with van der Waals surface area (Å²) in [6.45, 7) is 5.89. The molecule has 0 saturated carbocycles. The molecule has 37 heavy (non-hydrogen) atoms. The third-order valence-electron chi connectivity index (χ3n) is 6.21. The third-order valence-corrected chi connectivity index (χ3v) is 6.74. The number of aromatic amines is 1. The van der Waals surface area contributed by atoms with Gasteiger partial charge in [-0.25, -0.2) is 4.79 Å². The maximum atomic E-state index is 13.1. The van der Waals surface area contributed by atoms with Crippen LogP contribution in [0.25, 0.3) is 10.9 Å². The van der Waals surface area contributed by atoms with Crippen LogP contribution in [0.15, 0.2) is 83.5 Å². The molecule has 0 aliphatic rings. The summed E-state index contributed by atoms with van der Waals surface area (Å²) in [5, 5.41) is 3.77. The largest absolute Gasteiger partial charge is 0.456 e. The lowest BCUT2D eigenvalue weighted by Gasteiger charge is -2.20. The fourth-order valence-corrected chi connectivity index (χ4v) is 4.30. The number of benzene rings is 3. The van der Waals surface area contributed by atoms with E-state index in [2.05, 4.69) is 47.0 Å². The Morgan fingerprint density at radius 1 is 0.919 bits per heavy atom. The van der Waals surface area contributed by atoms with Crippen LogP contribution in [0.4, 0.5) is 0 Å². The number of hydrogen-bond donors (Lipinski definition) is 2. The molecule has 0 unspecified atom stereocenters. The lowest BCUT2D eigenvalue weighted by atomic mass is 9.86. The van der Waals surface area contributed by atoms with Crippen LogP contribution in [0.1, 0.15) is 52.6 Å². The molecule has 0 aliphatic heterocycles. The zero-order valence-corrected chi connectivity index (χ0v) is 22.6. The minimum atomic E-state index is -0.980. The Labute approximate surface area is 224 Å². The van der Waals surface area contributed by atoms with Crippen molar-refractivity contribution >= 4 is 44.5 Å². The normalized spacial score (nSPS) is 12.2. The molecule has 0 radical (unpaired) electrons. The summed E-state index contributed by atoms with van der Waals surface area (Å²) in [7, 11) is 0. The Bertz CT molecular complexity index is 1420. The number of carbonyl (C=O) groups is 3. The second-order valence-electron chi connectivity index (χ2n) is 9.95. The van der Waals surface area contributed by atoms with E-state index < -0.39 is 18.6 Å². The number of ether oxygens (including phenoxy) is 1. The second kappa shape index (κ2) is 11.1. The van der Waals surface area contributed by atoms with Crippen molar-refractivity contribution in [3.05, 3.63) is 106 Å². The van der Waals surface area contributed by atoms with Gasteiger partial charge in [-0.3, -0.25) is 9.59 Å². The van der Waals surface area contributed by atoms with Crippen LogP contribution in [-0.4, -0.2) is 35.3 Å². The molecule has 2 N–H and O–H groups in total. The number of Topliss-reactive ketones (excluding diaryl/α,β-unsaturated/α-hetero) is 1. The summed E-state index contributed by atoms with van der Waals surface area (Å²) in [6, 6.07) is 20.9. The standard InChI is InChI=1S/C30H29BrN2O4/c1-30(2,3)22-12-8-20(9-13-22)28(35)33-26(16-21-17-32-25-7-5-4-6-24(21)25)29(36)37-18-27(34)19-10-14-23(31)15-11-19/h4-15,17,26,32H,16,18H2,1-3H3,(H,33,35)/t26-/m1/s1. The van der Waals surface area contributed by atoms with Gasteiger partial charge in [0.05, 0.1) is 0 Å². The maximum Gasteiger partial charge on any atom is 0.329 e. The Morgan fingerprint density at radius 3 is 2.24 bits per heavy atom. The van der Waals surface area contributed by atoms with Gasteiger partial charge in [0.15, 0.2) is 12.4 Å². The first-order valence-electron chi connectivity index (χ1n) is 12.0. The highest BCUT2D eigenvalue weighted by Crippen LogP contribution is 2.23. The molecular formula is C30H29BrN2O4. The number of carbonyl (C=O) groups excluding carboxylic acids is 3. The van der Waals surface area contributed by atoms with Gasteiger partial charge in [0.2, 0.25) is 0 Å². The smallest absolute Gasteiger partial charge is 0.329 e. The molecule has 0 bridgehead atoms. The van der Waals surface area contributed by atoms with E-state index in [4.69, 9.17) is 4.74 Å². The van der Waals surface area contributed by atoms with Gasteiger partial charge >= 0.3 is 5.97 Å². The Hall–Kier alpha value is -3.71. The molecule has 0 aliphatic carbocycles. The van der Waals surface area contributed by atoms with E-state index in [9.17, 15) is 14.4 Å². The Kier molecular flexibility index (Phi) is 7.93. The minimum Gasteiger partial charge on any atom is -0.456 e. The Morgan fingerprint density at radius 2 is 1.57 bits per heavy atom. The number of nitrogens with one attached hydrogen (secondary N) is 2. The van der Waals surface area contributed by atoms with Crippen LogP contribution in [0.2, 0.25) is 0 Å². The van der Waals surface area contributed by atoms with Gasteiger partial charge in [-0.1, -0.05) is 79.2 Å². The van der Waals surface area contributed by atoms with Crippen molar-refractivity contribution in [2.75, 3.05) is 6.61 Å². The minimum absolute atomic E-state index is 0.0436. The van der Waals surface area contributed by atoms with Gasteiger partial charge in [-0.05, 0) is 46.9 Å². The van der Waals surface area contributed by atoms with Crippen molar-refractivity contribution in [2.45, 2.75) is 38.6 Å². The van der Waals surface area contributed by atoms with Gasteiger partial charge in [0.1, 0.15) is 6.04 Å². The highest BCUT2D eigenvalue weighted by atomic mass is 79.9.